The van der Waals surface area contributed by atoms with Crippen molar-refractivity contribution >= 4 is 19.9 Å². The lowest BCUT2D eigenvalue weighted by Gasteiger charge is -2.21. The third-order valence-electron chi connectivity index (χ3n) is 5.34. The van der Waals surface area contributed by atoms with E-state index in [1.807, 2.05) is 34.6 Å². The fourth-order valence-electron chi connectivity index (χ4n) is 3.23. The van der Waals surface area contributed by atoms with E-state index in [2.05, 4.69) is 4.72 Å². The molecule has 2 aromatic carbocycles. The number of nitrogens with one attached hydrogen (secondary N) is 1. The van der Waals surface area contributed by atoms with Gasteiger partial charge in [0, 0.05) is 12.3 Å². The average molecular weight is 410 g/mol. The Morgan fingerprint density at radius 3 is 1.56 bits per heavy atom. The second-order valence-electron chi connectivity index (χ2n) is 7.14. The van der Waals surface area contributed by atoms with E-state index >= 15 is 0 Å². The molecule has 0 heterocycles. The van der Waals surface area contributed by atoms with Crippen molar-refractivity contribution in [3.8, 4) is 0 Å². The van der Waals surface area contributed by atoms with Crippen molar-refractivity contribution in [3.05, 3.63) is 57.6 Å². The van der Waals surface area contributed by atoms with Gasteiger partial charge in [0.15, 0.2) is 9.84 Å². The topological polar surface area (TPSA) is 80.3 Å². The first-order valence-electron chi connectivity index (χ1n) is 8.66. The van der Waals surface area contributed by atoms with Gasteiger partial charge in [0.05, 0.1) is 9.79 Å². The molecule has 1 atom stereocenters. The number of sulfone groups is 1. The van der Waals surface area contributed by atoms with E-state index in [-0.39, 0.29) is 4.90 Å². The Hall–Kier alpha value is -1.70. The van der Waals surface area contributed by atoms with Gasteiger partial charge in [0.25, 0.3) is 0 Å². The molecule has 0 aliphatic rings. The van der Waals surface area contributed by atoms with Crippen LogP contribution in [-0.4, -0.2) is 23.1 Å². The summed E-state index contributed by atoms with van der Waals surface area (Å²) in [6, 6.07) is 5.76. The Morgan fingerprint density at radius 2 is 1.15 bits per heavy atom. The lowest BCUT2D eigenvalue weighted by Crippen LogP contribution is -2.28. The van der Waals surface area contributed by atoms with Gasteiger partial charge in [-0.05, 0) is 87.1 Å². The van der Waals surface area contributed by atoms with Crippen LogP contribution in [0.15, 0.2) is 34.1 Å². The van der Waals surface area contributed by atoms with Crippen LogP contribution in [0.3, 0.4) is 0 Å². The molecular formula is C20H27NO4S2. The van der Waals surface area contributed by atoms with E-state index < -0.39 is 25.9 Å². The number of sulfonamides is 1. The summed E-state index contributed by atoms with van der Waals surface area (Å²) in [5.41, 5.74) is 5.26. The van der Waals surface area contributed by atoms with Crippen molar-refractivity contribution in [2.75, 3.05) is 6.26 Å². The standard InChI is InChI=1S/C20H27NO4S2/c1-12-13(2)15(4)20(16(5)14(12)3)27(24,25)21-17(6)18-8-10-19(11-9-18)26(7,22)23/h8-11,17,21H,1-7H3. The molecule has 1 N–H and O–H groups in total. The lowest BCUT2D eigenvalue weighted by molar-refractivity contribution is 0.565. The van der Waals surface area contributed by atoms with Crippen molar-refractivity contribution in [2.45, 2.75) is 57.4 Å². The SMILES string of the molecule is Cc1c(C)c(C)c(S(=O)(=O)NC(C)c2ccc(S(C)(=O)=O)cc2)c(C)c1C. The fraction of sp³-hybridized carbons (Fsp3) is 0.400. The molecule has 0 bridgehead atoms. The van der Waals surface area contributed by atoms with E-state index in [9.17, 15) is 16.8 Å². The van der Waals surface area contributed by atoms with Gasteiger partial charge >= 0.3 is 0 Å². The first-order chi connectivity index (χ1) is 12.3. The molecule has 0 saturated carbocycles. The summed E-state index contributed by atoms with van der Waals surface area (Å²) in [5.74, 6) is 0. The minimum atomic E-state index is -3.74. The van der Waals surface area contributed by atoms with Crippen molar-refractivity contribution in [1.29, 1.82) is 0 Å². The van der Waals surface area contributed by atoms with Gasteiger partial charge in [0.1, 0.15) is 0 Å². The highest BCUT2D eigenvalue weighted by Crippen LogP contribution is 2.30. The molecular weight excluding hydrogens is 382 g/mol. The van der Waals surface area contributed by atoms with Crippen LogP contribution in [0.1, 0.15) is 46.3 Å². The normalized spacial score (nSPS) is 13.6. The van der Waals surface area contributed by atoms with Crippen LogP contribution in [0.4, 0.5) is 0 Å². The van der Waals surface area contributed by atoms with Crippen LogP contribution in [0.5, 0.6) is 0 Å². The molecule has 0 amide bonds. The molecule has 0 spiro atoms. The second kappa shape index (κ2) is 7.37. The highest BCUT2D eigenvalue weighted by Gasteiger charge is 2.25. The maximum Gasteiger partial charge on any atom is 0.241 e. The van der Waals surface area contributed by atoms with Crippen molar-refractivity contribution in [3.63, 3.8) is 0 Å². The highest BCUT2D eigenvalue weighted by atomic mass is 32.2. The summed E-state index contributed by atoms with van der Waals surface area (Å²) < 4.78 is 52.1. The Bertz CT molecular complexity index is 1050. The third kappa shape index (κ3) is 4.25. The van der Waals surface area contributed by atoms with Crippen LogP contribution in [-0.2, 0) is 19.9 Å². The minimum Gasteiger partial charge on any atom is -0.224 e. The van der Waals surface area contributed by atoms with Crippen LogP contribution < -0.4 is 4.72 Å². The van der Waals surface area contributed by atoms with Gasteiger partial charge in [-0.25, -0.2) is 21.6 Å². The highest BCUT2D eigenvalue weighted by molar-refractivity contribution is 7.90. The number of benzene rings is 2. The van der Waals surface area contributed by atoms with Crippen LogP contribution in [0, 0.1) is 34.6 Å². The van der Waals surface area contributed by atoms with Gasteiger partial charge in [-0.15, -0.1) is 0 Å². The summed E-state index contributed by atoms with van der Waals surface area (Å²) in [5, 5.41) is 0. The van der Waals surface area contributed by atoms with Crippen molar-refractivity contribution < 1.29 is 16.8 Å². The number of rotatable bonds is 5. The Morgan fingerprint density at radius 1 is 0.741 bits per heavy atom. The number of hydrogen-bond donors (Lipinski definition) is 1. The van der Waals surface area contributed by atoms with Crippen LogP contribution in [0.25, 0.3) is 0 Å². The van der Waals surface area contributed by atoms with Gasteiger partial charge in [-0.1, -0.05) is 12.1 Å². The predicted molar refractivity (Wildman–Crippen MR) is 108 cm³/mol. The molecule has 0 radical (unpaired) electrons. The molecule has 0 aliphatic carbocycles. The summed E-state index contributed by atoms with van der Waals surface area (Å²) in [7, 11) is -7.02. The van der Waals surface area contributed by atoms with Gasteiger partial charge in [-0.2, -0.15) is 0 Å². The Balaban J connectivity index is 2.42. The smallest absolute Gasteiger partial charge is 0.224 e. The van der Waals surface area contributed by atoms with E-state index in [1.165, 1.54) is 12.1 Å². The zero-order valence-corrected chi connectivity index (χ0v) is 18.5. The lowest BCUT2D eigenvalue weighted by atomic mass is 9.95. The zero-order valence-electron chi connectivity index (χ0n) is 16.8. The molecule has 2 aromatic rings. The average Bonchev–Trinajstić information content (AvgIpc) is 2.57. The molecule has 148 valence electrons. The molecule has 0 saturated heterocycles. The maximum atomic E-state index is 13.1. The molecule has 0 aliphatic heterocycles. The van der Waals surface area contributed by atoms with Crippen molar-refractivity contribution in [2.24, 2.45) is 0 Å². The molecule has 5 nitrogen and oxygen atoms in total. The van der Waals surface area contributed by atoms with E-state index in [0.29, 0.717) is 10.5 Å². The Kier molecular flexibility index (Phi) is 5.90. The van der Waals surface area contributed by atoms with E-state index in [1.54, 1.807) is 19.1 Å². The quantitative estimate of drug-likeness (QED) is 0.817. The first-order valence-corrected chi connectivity index (χ1v) is 12.0. The summed E-state index contributed by atoms with van der Waals surface area (Å²) in [6.07, 6.45) is 1.14. The van der Waals surface area contributed by atoms with E-state index in [0.717, 1.165) is 34.1 Å². The van der Waals surface area contributed by atoms with Crippen molar-refractivity contribution in [1.82, 2.24) is 4.72 Å². The molecule has 7 heteroatoms. The van der Waals surface area contributed by atoms with Gasteiger partial charge in [0.2, 0.25) is 10.0 Å². The summed E-state index contributed by atoms with van der Waals surface area (Å²) >= 11 is 0. The maximum absolute atomic E-state index is 13.1. The monoisotopic (exact) mass is 409 g/mol. The number of hydrogen-bond acceptors (Lipinski definition) is 4. The van der Waals surface area contributed by atoms with Crippen LogP contribution in [0.2, 0.25) is 0 Å². The largest absolute Gasteiger partial charge is 0.241 e. The molecule has 0 fully saturated rings. The second-order valence-corrected chi connectivity index (χ2v) is 10.8. The zero-order chi connectivity index (χ0) is 20.7. The minimum absolute atomic E-state index is 0.206. The van der Waals surface area contributed by atoms with E-state index in [4.69, 9.17) is 0 Å². The molecule has 1 unspecified atom stereocenters. The first kappa shape index (κ1) is 21.6. The summed E-state index contributed by atoms with van der Waals surface area (Å²) in [4.78, 5) is 0.528. The van der Waals surface area contributed by atoms with Crippen LogP contribution >= 0.6 is 0 Å². The predicted octanol–water partition coefficient (Wildman–Crippen LogP) is 3.67. The summed E-state index contributed by atoms with van der Waals surface area (Å²) in [6.45, 7) is 11.3. The van der Waals surface area contributed by atoms with Gasteiger partial charge < -0.3 is 0 Å². The molecule has 2 rings (SSSR count). The molecule has 27 heavy (non-hydrogen) atoms. The molecule has 0 aromatic heterocycles. The van der Waals surface area contributed by atoms with Gasteiger partial charge in [-0.3, -0.25) is 0 Å². The third-order valence-corrected chi connectivity index (χ3v) is 8.28. The fourth-order valence-corrected chi connectivity index (χ4v) is 5.69. The Labute approximate surface area is 162 Å².